The second kappa shape index (κ2) is 12.7. The van der Waals surface area contributed by atoms with Gasteiger partial charge in [0.1, 0.15) is 11.9 Å². The molecule has 3 aromatic rings. The summed E-state index contributed by atoms with van der Waals surface area (Å²) in [7, 11) is 1.27. The molecule has 0 spiro atoms. The number of aromatic nitrogens is 1. The summed E-state index contributed by atoms with van der Waals surface area (Å²) in [6, 6.07) is 11.6. The Hall–Kier alpha value is -3.70. The summed E-state index contributed by atoms with van der Waals surface area (Å²) >= 11 is 9.37. The molecule has 2 bridgehead atoms. The van der Waals surface area contributed by atoms with Crippen LogP contribution in [0.15, 0.2) is 53.1 Å². The molecule has 220 valence electrons. The predicted octanol–water partition coefficient (Wildman–Crippen LogP) is 7.87. The monoisotopic (exact) mass is 658 g/mol. The molecule has 3 atom stereocenters. The highest BCUT2D eigenvalue weighted by molar-refractivity contribution is 9.10. The van der Waals surface area contributed by atoms with Gasteiger partial charge in [0.2, 0.25) is 5.91 Å². The topological polar surface area (TPSA) is 110 Å². The van der Waals surface area contributed by atoms with E-state index in [4.69, 9.17) is 21.1 Å². The number of methoxy groups -OCH3 is 1. The minimum absolute atomic E-state index is 0.0399. The van der Waals surface area contributed by atoms with Crippen LogP contribution in [0, 0.1) is 11.7 Å². The molecule has 42 heavy (non-hydrogen) atoms. The number of carbonyl (C=O) groups excluding carboxylic acids is 3. The van der Waals surface area contributed by atoms with Crippen molar-refractivity contribution in [2.24, 2.45) is 5.92 Å². The quantitative estimate of drug-likeness (QED) is 0.277. The lowest BCUT2D eigenvalue weighted by atomic mass is 9.93. The molecule has 1 aromatic heterocycles. The Morgan fingerprint density at radius 1 is 1.19 bits per heavy atom. The number of cyclic esters (lactones) is 1. The summed E-state index contributed by atoms with van der Waals surface area (Å²) in [5.41, 5.74) is 3.24. The number of rotatable bonds is 3. The van der Waals surface area contributed by atoms with Crippen molar-refractivity contribution < 1.29 is 28.2 Å². The molecule has 12 heteroatoms. The molecule has 9 nitrogen and oxygen atoms in total. The van der Waals surface area contributed by atoms with E-state index in [9.17, 15) is 18.8 Å². The number of nitrogens with one attached hydrogen (secondary N) is 2. The normalized spacial score (nSPS) is 20.8. The Labute approximate surface area is 255 Å². The van der Waals surface area contributed by atoms with Crippen LogP contribution in [0.3, 0.4) is 0 Å². The molecular formula is C30H29BrClFN4O5. The van der Waals surface area contributed by atoms with Crippen LogP contribution in [0.4, 0.5) is 25.4 Å². The second-order valence-electron chi connectivity index (χ2n) is 10.3. The zero-order chi connectivity index (χ0) is 30.0. The van der Waals surface area contributed by atoms with Gasteiger partial charge in [-0.3, -0.25) is 15.1 Å². The number of carbonyl (C=O) groups is 3. The van der Waals surface area contributed by atoms with E-state index in [1.54, 1.807) is 35.4 Å². The number of ether oxygens (including phenoxy) is 2. The Morgan fingerprint density at radius 3 is 2.76 bits per heavy atom. The summed E-state index contributed by atoms with van der Waals surface area (Å²) in [5, 5.41) is 5.56. The first-order valence-corrected chi connectivity index (χ1v) is 14.7. The van der Waals surface area contributed by atoms with Crippen molar-refractivity contribution in [1.29, 1.82) is 0 Å². The first kappa shape index (κ1) is 29.8. The molecule has 1 fully saturated rings. The van der Waals surface area contributed by atoms with Crippen LogP contribution in [0.25, 0.3) is 11.3 Å². The van der Waals surface area contributed by atoms with E-state index in [2.05, 4.69) is 31.5 Å². The number of hydrogen-bond acceptors (Lipinski definition) is 6. The molecule has 2 aliphatic rings. The molecule has 3 heterocycles. The van der Waals surface area contributed by atoms with E-state index in [1.807, 2.05) is 19.1 Å². The zero-order valence-electron chi connectivity index (χ0n) is 23.0. The molecule has 5 rings (SSSR count). The van der Waals surface area contributed by atoms with Gasteiger partial charge in [0.25, 0.3) is 0 Å². The lowest BCUT2D eigenvalue weighted by Crippen LogP contribution is -2.42. The predicted molar refractivity (Wildman–Crippen MR) is 160 cm³/mol. The number of anilines is 2. The average Bonchev–Trinajstić information content (AvgIpc) is 2.97. The maximum atomic E-state index is 14.9. The van der Waals surface area contributed by atoms with E-state index in [1.165, 1.54) is 13.2 Å². The number of pyridine rings is 1. The highest BCUT2D eigenvalue weighted by Gasteiger charge is 2.36. The molecule has 2 aromatic carbocycles. The fourth-order valence-corrected chi connectivity index (χ4v) is 6.07. The Bertz CT molecular complexity index is 1540. The van der Waals surface area contributed by atoms with E-state index in [0.717, 1.165) is 5.56 Å². The number of amides is 3. The molecular weight excluding hydrogens is 631 g/mol. The van der Waals surface area contributed by atoms with Gasteiger partial charge in [-0.2, -0.15) is 0 Å². The molecule has 0 radical (unpaired) electrons. The molecule has 3 amide bonds. The zero-order valence-corrected chi connectivity index (χ0v) is 25.3. The molecule has 2 N–H and O–H groups in total. The fourth-order valence-electron chi connectivity index (χ4n) is 5.35. The van der Waals surface area contributed by atoms with Crippen LogP contribution in [0.5, 0.6) is 0 Å². The fraction of sp³-hybridized carbons (Fsp3) is 0.333. The van der Waals surface area contributed by atoms with Crippen LogP contribution in [0.2, 0.25) is 5.02 Å². The SMILES string of the molecule is COC(=O)Nc1ccc2c(c1)NC(=O)C(C)CCCC(N1CCC(c3c(Br)ccc(Cl)c3F)OC1=O)c1ccnc-2c1. The van der Waals surface area contributed by atoms with Gasteiger partial charge in [-0.15, -0.1) is 0 Å². The van der Waals surface area contributed by atoms with Crippen molar-refractivity contribution in [2.45, 2.75) is 44.8 Å². The van der Waals surface area contributed by atoms with Gasteiger partial charge in [0.05, 0.1) is 29.6 Å². The van der Waals surface area contributed by atoms with Crippen LogP contribution >= 0.6 is 27.5 Å². The maximum absolute atomic E-state index is 14.9. The Morgan fingerprint density at radius 2 is 2.00 bits per heavy atom. The largest absolute Gasteiger partial charge is 0.453 e. The van der Waals surface area contributed by atoms with Gasteiger partial charge in [-0.05, 0) is 60.9 Å². The third-order valence-corrected chi connectivity index (χ3v) is 8.59. The van der Waals surface area contributed by atoms with Crippen LogP contribution in [-0.2, 0) is 14.3 Å². The lowest BCUT2D eigenvalue weighted by Gasteiger charge is -2.38. The van der Waals surface area contributed by atoms with E-state index in [0.29, 0.717) is 59.3 Å². The third kappa shape index (κ3) is 6.22. The summed E-state index contributed by atoms with van der Waals surface area (Å²) in [6.45, 7) is 2.18. The summed E-state index contributed by atoms with van der Waals surface area (Å²) in [5.74, 6) is -1.10. The van der Waals surface area contributed by atoms with Gasteiger partial charge in [0, 0.05) is 46.4 Å². The van der Waals surface area contributed by atoms with Gasteiger partial charge in [-0.25, -0.2) is 14.0 Å². The summed E-state index contributed by atoms with van der Waals surface area (Å²) < 4.78 is 25.8. The van der Waals surface area contributed by atoms with Gasteiger partial charge in [0.15, 0.2) is 0 Å². The van der Waals surface area contributed by atoms with Crippen molar-refractivity contribution in [2.75, 3.05) is 24.3 Å². The minimum Gasteiger partial charge on any atom is -0.453 e. The van der Waals surface area contributed by atoms with Crippen molar-refractivity contribution in [3.63, 3.8) is 0 Å². The standard InChI is InChI=1S/C30H29BrClFN4O5/c1-16-4-3-5-24(37-13-11-25(42-30(37)40)26-20(31)8-9-21(32)27(26)33)17-10-12-34-22(14-17)19-7-6-18(35-29(39)41-2)15-23(19)36-28(16)38/h6-10,12,14-16,24-25H,3-5,11,13H2,1-2H3,(H,35,39)(H,36,38). The number of halogens is 3. The van der Waals surface area contributed by atoms with Gasteiger partial charge >= 0.3 is 12.2 Å². The number of hydrogen-bond donors (Lipinski definition) is 2. The molecule has 2 aliphatic heterocycles. The maximum Gasteiger partial charge on any atom is 0.411 e. The molecule has 1 saturated heterocycles. The Kier molecular flexibility index (Phi) is 8.98. The molecule has 0 saturated carbocycles. The van der Waals surface area contributed by atoms with Crippen molar-refractivity contribution in [3.8, 4) is 11.3 Å². The van der Waals surface area contributed by atoms with Crippen molar-refractivity contribution in [1.82, 2.24) is 9.88 Å². The average molecular weight is 660 g/mol. The Balaban J connectivity index is 1.48. The third-order valence-electron chi connectivity index (χ3n) is 7.60. The van der Waals surface area contributed by atoms with E-state index >= 15 is 0 Å². The van der Waals surface area contributed by atoms with Crippen molar-refractivity contribution >= 4 is 57.0 Å². The van der Waals surface area contributed by atoms with Crippen LogP contribution in [-0.4, -0.2) is 41.6 Å². The smallest absolute Gasteiger partial charge is 0.411 e. The summed E-state index contributed by atoms with van der Waals surface area (Å²) in [4.78, 5) is 44.5. The van der Waals surface area contributed by atoms with Gasteiger partial charge < -0.3 is 19.7 Å². The van der Waals surface area contributed by atoms with E-state index in [-0.39, 0.29) is 28.5 Å². The highest BCUT2D eigenvalue weighted by atomic mass is 79.9. The molecule has 0 aliphatic carbocycles. The summed E-state index contributed by atoms with van der Waals surface area (Å²) in [6.07, 6.45) is 1.89. The first-order valence-electron chi connectivity index (χ1n) is 13.5. The number of benzene rings is 2. The minimum atomic E-state index is -0.788. The second-order valence-corrected chi connectivity index (χ2v) is 11.6. The molecule has 3 unspecified atom stereocenters. The lowest BCUT2D eigenvalue weighted by molar-refractivity contribution is -0.119. The van der Waals surface area contributed by atoms with Gasteiger partial charge in [-0.1, -0.05) is 40.9 Å². The van der Waals surface area contributed by atoms with Crippen LogP contribution < -0.4 is 10.6 Å². The number of nitrogens with zero attached hydrogens (tertiary/aromatic N) is 2. The number of fused-ring (bicyclic) bond motifs is 4. The first-order chi connectivity index (χ1) is 20.2. The van der Waals surface area contributed by atoms with Crippen LogP contribution in [0.1, 0.15) is 55.9 Å². The van der Waals surface area contributed by atoms with E-state index < -0.39 is 24.1 Å². The van der Waals surface area contributed by atoms with Crippen molar-refractivity contribution in [3.05, 3.63) is 75.1 Å². The highest BCUT2D eigenvalue weighted by Crippen LogP contribution is 2.40.